The van der Waals surface area contributed by atoms with Crippen molar-refractivity contribution < 1.29 is 14.3 Å². The molecule has 2 aliphatic rings. The Morgan fingerprint density at radius 1 is 1.19 bits per heavy atom. The lowest BCUT2D eigenvalue weighted by molar-refractivity contribution is -0.123. The fourth-order valence-electron chi connectivity index (χ4n) is 4.43. The average molecular weight is 373 g/mol. The van der Waals surface area contributed by atoms with E-state index in [2.05, 4.69) is 23.5 Å². The summed E-state index contributed by atoms with van der Waals surface area (Å²) in [4.78, 5) is 27.0. The van der Waals surface area contributed by atoms with E-state index in [0.29, 0.717) is 13.1 Å². The Labute approximate surface area is 162 Å². The summed E-state index contributed by atoms with van der Waals surface area (Å²) in [6, 6.07) is 8.47. The van der Waals surface area contributed by atoms with Gasteiger partial charge in [0.25, 0.3) is 0 Å². The number of likely N-dealkylation sites (tertiary alicyclic amines) is 1. The normalized spacial score (nSPS) is 21.3. The van der Waals surface area contributed by atoms with E-state index in [0.717, 1.165) is 24.8 Å². The highest BCUT2D eigenvalue weighted by molar-refractivity contribution is 5.86. The van der Waals surface area contributed by atoms with E-state index >= 15 is 0 Å². The van der Waals surface area contributed by atoms with Crippen molar-refractivity contribution in [1.29, 1.82) is 0 Å². The molecule has 0 bridgehead atoms. The Morgan fingerprint density at radius 3 is 2.41 bits per heavy atom. The first-order valence-corrected chi connectivity index (χ1v) is 9.99. The van der Waals surface area contributed by atoms with Crippen LogP contribution in [0, 0.1) is 0 Å². The molecule has 1 atom stereocenters. The summed E-state index contributed by atoms with van der Waals surface area (Å²) in [6.07, 6.45) is 2.33. The van der Waals surface area contributed by atoms with Gasteiger partial charge in [0.05, 0.1) is 5.92 Å². The van der Waals surface area contributed by atoms with Gasteiger partial charge < -0.3 is 15.0 Å². The maximum Gasteiger partial charge on any atom is 0.410 e. The third-order valence-electron chi connectivity index (χ3n) is 5.62. The van der Waals surface area contributed by atoms with E-state index in [1.807, 2.05) is 40.7 Å². The summed E-state index contributed by atoms with van der Waals surface area (Å²) >= 11 is 0. The molecule has 1 aromatic carbocycles. The predicted molar refractivity (Wildman–Crippen MR) is 106 cm³/mol. The molecule has 0 saturated carbocycles. The number of hydrogen-bond acceptors (Lipinski definition) is 3. The molecule has 1 aliphatic heterocycles. The quantitative estimate of drug-likeness (QED) is 0.855. The van der Waals surface area contributed by atoms with Crippen LogP contribution >= 0.6 is 0 Å². The van der Waals surface area contributed by atoms with E-state index in [1.54, 1.807) is 4.90 Å². The maximum atomic E-state index is 12.8. The second kappa shape index (κ2) is 7.17. The summed E-state index contributed by atoms with van der Waals surface area (Å²) in [5.41, 5.74) is 1.94. The number of carbonyl (C=O) groups is 2. The third kappa shape index (κ3) is 4.12. The van der Waals surface area contributed by atoms with E-state index in [-0.39, 0.29) is 29.4 Å². The first-order valence-electron chi connectivity index (χ1n) is 9.99. The van der Waals surface area contributed by atoms with Gasteiger partial charge >= 0.3 is 6.09 Å². The van der Waals surface area contributed by atoms with E-state index in [1.165, 1.54) is 5.56 Å². The summed E-state index contributed by atoms with van der Waals surface area (Å²) in [7, 11) is 0. The number of fused-ring (bicyclic) bond motifs is 2. The van der Waals surface area contributed by atoms with E-state index in [4.69, 9.17) is 4.74 Å². The van der Waals surface area contributed by atoms with Gasteiger partial charge in [-0.1, -0.05) is 24.3 Å². The Kier molecular flexibility index (Phi) is 5.24. The zero-order chi connectivity index (χ0) is 19.8. The number of carbonyl (C=O) groups excluding carboxylic acids is 2. The lowest BCUT2D eigenvalue weighted by Crippen LogP contribution is -2.46. The number of nitrogens with zero attached hydrogens (tertiary/aromatic N) is 1. The van der Waals surface area contributed by atoms with Gasteiger partial charge in [0.2, 0.25) is 5.91 Å². The molecule has 1 N–H and O–H groups in total. The number of hydrogen-bond donors (Lipinski definition) is 1. The van der Waals surface area contributed by atoms with Crippen molar-refractivity contribution in [2.24, 2.45) is 0 Å². The number of nitrogens with one attached hydrogen (secondary N) is 1. The Balaban J connectivity index is 1.76. The smallest absolute Gasteiger partial charge is 0.410 e. The summed E-state index contributed by atoms with van der Waals surface area (Å²) < 4.78 is 5.52. The number of amides is 2. The molecular weight excluding hydrogens is 340 g/mol. The largest absolute Gasteiger partial charge is 0.444 e. The molecule has 0 radical (unpaired) electrons. The minimum absolute atomic E-state index is 0.0197. The molecule has 27 heavy (non-hydrogen) atoms. The Hall–Kier alpha value is -2.04. The predicted octanol–water partition coefficient (Wildman–Crippen LogP) is 3.97. The average Bonchev–Trinajstić information content (AvgIpc) is 2.88. The number of rotatable bonds is 2. The van der Waals surface area contributed by atoms with Gasteiger partial charge in [0.1, 0.15) is 5.60 Å². The fourth-order valence-corrected chi connectivity index (χ4v) is 4.43. The van der Waals surface area contributed by atoms with Crippen molar-refractivity contribution >= 4 is 12.0 Å². The fraction of sp³-hybridized carbons (Fsp3) is 0.636. The second-order valence-corrected chi connectivity index (χ2v) is 9.25. The minimum atomic E-state index is -0.480. The van der Waals surface area contributed by atoms with Crippen LogP contribution in [-0.2, 0) is 14.9 Å². The molecule has 1 saturated heterocycles. The lowest BCUT2D eigenvalue weighted by atomic mass is 9.73. The van der Waals surface area contributed by atoms with Gasteiger partial charge in [-0.05, 0) is 65.0 Å². The maximum absolute atomic E-state index is 12.8. The first-order chi connectivity index (χ1) is 12.6. The zero-order valence-electron chi connectivity index (χ0n) is 17.2. The van der Waals surface area contributed by atoms with Gasteiger partial charge in [-0.3, -0.25) is 4.79 Å². The Morgan fingerprint density at radius 2 is 1.81 bits per heavy atom. The van der Waals surface area contributed by atoms with Gasteiger partial charge in [-0.2, -0.15) is 0 Å². The molecule has 5 nitrogen and oxygen atoms in total. The van der Waals surface area contributed by atoms with Crippen LogP contribution in [0.15, 0.2) is 24.3 Å². The van der Waals surface area contributed by atoms with Gasteiger partial charge in [0.15, 0.2) is 0 Å². The van der Waals surface area contributed by atoms with Crippen molar-refractivity contribution in [3.8, 4) is 0 Å². The number of benzene rings is 1. The highest BCUT2D eigenvalue weighted by Gasteiger charge is 2.48. The van der Waals surface area contributed by atoms with Gasteiger partial charge in [-0.15, -0.1) is 0 Å². The van der Waals surface area contributed by atoms with Crippen LogP contribution in [0.2, 0.25) is 0 Å². The van der Waals surface area contributed by atoms with Crippen LogP contribution in [0.25, 0.3) is 0 Å². The first kappa shape index (κ1) is 19.7. The molecule has 1 aromatic rings. The molecule has 1 heterocycles. The van der Waals surface area contributed by atoms with E-state index < -0.39 is 5.60 Å². The molecule has 5 heteroatoms. The highest BCUT2D eigenvalue weighted by atomic mass is 16.6. The Bertz CT molecular complexity index is 713. The molecule has 1 fully saturated rings. The van der Waals surface area contributed by atoms with Gasteiger partial charge in [-0.25, -0.2) is 4.79 Å². The molecule has 1 spiro atoms. The summed E-state index contributed by atoms with van der Waals surface area (Å²) in [5.74, 6) is 0.0144. The lowest BCUT2D eigenvalue weighted by Gasteiger charge is -2.40. The van der Waals surface area contributed by atoms with Crippen molar-refractivity contribution in [2.75, 3.05) is 13.1 Å². The summed E-state index contributed by atoms with van der Waals surface area (Å²) in [6.45, 7) is 11.0. The molecule has 3 rings (SSSR count). The second-order valence-electron chi connectivity index (χ2n) is 9.25. The van der Waals surface area contributed by atoms with Crippen molar-refractivity contribution in [1.82, 2.24) is 10.2 Å². The van der Waals surface area contributed by atoms with Crippen LogP contribution in [-0.4, -0.2) is 41.6 Å². The van der Waals surface area contributed by atoms with Crippen molar-refractivity contribution in [3.63, 3.8) is 0 Å². The van der Waals surface area contributed by atoms with Crippen molar-refractivity contribution in [3.05, 3.63) is 35.4 Å². The number of ether oxygens (including phenoxy) is 1. The topological polar surface area (TPSA) is 58.6 Å². The van der Waals surface area contributed by atoms with Gasteiger partial charge in [0, 0.05) is 24.5 Å². The number of piperidine rings is 1. The van der Waals surface area contributed by atoms with Crippen molar-refractivity contribution in [2.45, 2.75) is 76.9 Å². The highest BCUT2D eigenvalue weighted by Crippen LogP contribution is 2.51. The van der Waals surface area contributed by atoms with E-state index in [9.17, 15) is 9.59 Å². The molecule has 1 unspecified atom stereocenters. The minimum Gasteiger partial charge on any atom is -0.444 e. The third-order valence-corrected chi connectivity index (χ3v) is 5.62. The zero-order valence-corrected chi connectivity index (χ0v) is 17.2. The molecule has 1 aliphatic carbocycles. The molecule has 2 amide bonds. The standard InChI is InChI=1S/C22H32N2O3/c1-15(2)23-19(25)17-14-22(18-9-7-6-8-16(17)18)10-12-24(13-11-22)20(26)27-21(3,4)5/h6-9,15,17H,10-14H2,1-5H3,(H,23,25). The van der Waals surface area contributed by atoms with Crippen LogP contribution < -0.4 is 5.32 Å². The summed E-state index contributed by atoms with van der Waals surface area (Å²) in [5, 5.41) is 3.08. The molecular formula is C22H32N2O3. The van der Waals surface area contributed by atoms with Crippen LogP contribution in [0.1, 0.15) is 70.9 Å². The monoisotopic (exact) mass is 372 g/mol. The van der Waals surface area contributed by atoms with Crippen LogP contribution in [0.3, 0.4) is 0 Å². The van der Waals surface area contributed by atoms with Crippen LogP contribution in [0.5, 0.6) is 0 Å². The molecule has 148 valence electrons. The molecule has 0 aromatic heterocycles. The SMILES string of the molecule is CC(C)NC(=O)C1CC2(CCN(C(=O)OC(C)(C)C)CC2)c2ccccc21. The van der Waals surface area contributed by atoms with Crippen LogP contribution in [0.4, 0.5) is 4.79 Å².